The van der Waals surface area contributed by atoms with Crippen molar-refractivity contribution in [1.82, 2.24) is 19.4 Å². The number of imidazole rings is 1. The molecule has 1 N–H and O–H groups in total. The van der Waals surface area contributed by atoms with E-state index in [4.69, 9.17) is 26.1 Å². The quantitative estimate of drug-likeness (QED) is 0.254. The zero-order valence-corrected chi connectivity index (χ0v) is 25.1. The molecule has 0 saturated carbocycles. The molecular formula is C31H40ClN5O4. The van der Waals surface area contributed by atoms with Gasteiger partial charge in [-0.2, -0.15) is 0 Å². The maximum atomic E-state index is 13.4. The Bertz CT molecular complexity index is 1390. The summed E-state index contributed by atoms with van der Waals surface area (Å²) in [6.45, 7) is 11.2. The fraction of sp³-hybridized carbons (Fsp3) is 0.484. The number of hydrogen-bond acceptors (Lipinski definition) is 6. The molecule has 0 bridgehead atoms. The molecule has 1 aliphatic heterocycles. The van der Waals surface area contributed by atoms with E-state index in [1.54, 1.807) is 17.0 Å². The Morgan fingerprint density at radius 3 is 2.78 bits per heavy atom. The van der Waals surface area contributed by atoms with Crippen LogP contribution in [0.15, 0.2) is 43.1 Å². The highest BCUT2D eigenvalue weighted by Gasteiger charge is 2.29. The van der Waals surface area contributed by atoms with Gasteiger partial charge in [0.25, 0.3) is 5.91 Å². The summed E-state index contributed by atoms with van der Waals surface area (Å²) in [5, 5.41) is 3.42. The second-order valence-corrected chi connectivity index (χ2v) is 10.9. The molecule has 1 unspecified atom stereocenters. The summed E-state index contributed by atoms with van der Waals surface area (Å²) in [5.41, 5.74) is 1.68. The van der Waals surface area contributed by atoms with E-state index in [1.165, 1.54) is 19.4 Å². The Morgan fingerprint density at radius 2 is 2.07 bits per heavy atom. The van der Waals surface area contributed by atoms with Gasteiger partial charge in [-0.25, -0.2) is 9.97 Å². The third-order valence-corrected chi connectivity index (χ3v) is 8.11. The van der Waals surface area contributed by atoms with Gasteiger partial charge in [0.1, 0.15) is 16.9 Å². The lowest BCUT2D eigenvalue weighted by Gasteiger charge is -2.27. The van der Waals surface area contributed by atoms with Gasteiger partial charge < -0.3 is 18.9 Å². The van der Waals surface area contributed by atoms with Crippen molar-refractivity contribution in [1.29, 1.82) is 0 Å². The average molecular weight is 582 g/mol. The number of halogens is 1. The highest BCUT2D eigenvalue weighted by atomic mass is 35.5. The number of pyridine rings is 1. The molecule has 1 aliphatic rings. The first kappa shape index (κ1) is 30.4. The highest BCUT2D eigenvalue weighted by molar-refractivity contribution is 6.36. The number of rotatable bonds is 11. The molecule has 3 aromatic rings. The Morgan fingerprint density at radius 1 is 1.27 bits per heavy atom. The summed E-state index contributed by atoms with van der Waals surface area (Å²) < 4.78 is 13.6. The number of anilines is 1. The molecule has 41 heavy (non-hydrogen) atoms. The SMILES string of the molecule is C=CC(=O)N1CCCC[C@@H](n2c(NC(=O)c3ccnc(OC)c3)nc3ccc(O[C@H](CC)C(C)CCC)c(Cl)c32)C1. The van der Waals surface area contributed by atoms with E-state index in [2.05, 4.69) is 37.7 Å². The molecule has 2 amide bonds. The maximum absolute atomic E-state index is 13.4. The van der Waals surface area contributed by atoms with Gasteiger partial charge in [-0.05, 0) is 62.3 Å². The summed E-state index contributed by atoms with van der Waals surface area (Å²) in [4.78, 5) is 36.7. The number of likely N-dealkylation sites (tertiary alicyclic amines) is 1. The smallest absolute Gasteiger partial charge is 0.258 e. The zero-order valence-electron chi connectivity index (χ0n) is 24.4. The summed E-state index contributed by atoms with van der Waals surface area (Å²) in [5.74, 6) is 1.16. The first-order valence-corrected chi connectivity index (χ1v) is 14.8. The molecule has 2 aromatic heterocycles. The van der Waals surface area contributed by atoms with Gasteiger partial charge in [0.2, 0.25) is 17.7 Å². The predicted octanol–water partition coefficient (Wildman–Crippen LogP) is 6.68. The van der Waals surface area contributed by atoms with Crippen LogP contribution in [-0.4, -0.2) is 57.6 Å². The maximum Gasteiger partial charge on any atom is 0.258 e. The van der Waals surface area contributed by atoms with Crippen molar-refractivity contribution < 1.29 is 19.1 Å². The molecule has 9 nitrogen and oxygen atoms in total. The zero-order chi connectivity index (χ0) is 29.5. The first-order valence-electron chi connectivity index (χ1n) is 14.4. The number of benzene rings is 1. The van der Waals surface area contributed by atoms with Crippen LogP contribution in [0.4, 0.5) is 5.95 Å². The molecule has 0 spiro atoms. The van der Waals surface area contributed by atoms with Gasteiger partial charge in [0, 0.05) is 30.9 Å². The topological polar surface area (TPSA) is 98.6 Å². The van der Waals surface area contributed by atoms with E-state index in [1.807, 2.05) is 16.7 Å². The van der Waals surface area contributed by atoms with Crippen LogP contribution in [-0.2, 0) is 4.79 Å². The first-order chi connectivity index (χ1) is 19.8. The fourth-order valence-electron chi connectivity index (χ4n) is 5.57. The molecule has 220 valence electrons. The lowest BCUT2D eigenvalue weighted by atomic mass is 9.97. The summed E-state index contributed by atoms with van der Waals surface area (Å²) in [7, 11) is 1.50. The Kier molecular flexibility index (Phi) is 10.3. The van der Waals surface area contributed by atoms with Crippen LogP contribution in [0.1, 0.15) is 75.7 Å². The van der Waals surface area contributed by atoms with Gasteiger partial charge in [-0.15, -0.1) is 0 Å². The number of carbonyl (C=O) groups excluding carboxylic acids is 2. The summed E-state index contributed by atoms with van der Waals surface area (Å²) >= 11 is 7.10. The van der Waals surface area contributed by atoms with Gasteiger partial charge in [-0.3, -0.25) is 14.9 Å². The van der Waals surface area contributed by atoms with Crippen LogP contribution in [0.25, 0.3) is 11.0 Å². The van der Waals surface area contributed by atoms with E-state index in [-0.39, 0.29) is 24.0 Å². The Labute approximate surface area is 246 Å². The third-order valence-electron chi connectivity index (χ3n) is 7.74. The molecule has 1 aromatic carbocycles. The molecule has 10 heteroatoms. The number of nitrogens with one attached hydrogen (secondary N) is 1. The van der Waals surface area contributed by atoms with Crippen LogP contribution in [0.2, 0.25) is 5.02 Å². The summed E-state index contributed by atoms with van der Waals surface area (Å²) in [6, 6.07) is 6.73. The second kappa shape index (κ2) is 13.9. The number of nitrogens with zero attached hydrogens (tertiary/aromatic N) is 4. The second-order valence-electron chi connectivity index (χ2n) is 10.6. The van der Waals surface area contributed by atoms with E-state index in [0.29, 0.717) is 58.2 Å². The minimum atomic E-state index is -0.359. The normalized spacial score (nSPS) is 17.0. The van der Waals surface area contributed by atoms with Crippen molar-refractivity contribution in [3.05, 3.63) is 53.7 Å². The van der Waals surface area contributed by atoms with Gasteiger partial charge in [-0.1, -0.05) is 45.4 Å². The number of carbonyl (C=O) groups is 2. The molecule has 0 aliphatic carbocycles. The van der Waals surface area contributed by atoms with Crippen molar-refractivity contribution in [2.75, 3.05) is 25.5 Å². The van der Waals surface area contributed by atoms with Gasteiger partial charge >= 0.3 is 0 Å². The standard InChI is InChI=1S/C31H40ClN5O4/c1-6-11-20(4)24(7-2)41-25-14-13-23-29(28(25)32)37(22-12-9-10-17-36(19-22)27(38)8-3)31(34-23)35-30(39)21-15-16-33-26(18-21)40-5/h8,13-16,18,20,22,24H,3,6-7,9-12,17,19H2,1-2,4-5H3,(H,34,35,39)/t20?,22-,24-/m1/s1. The van der Waals surface area contributed by atoms with E-state index < -0.39 is 0 Å². The van der Waals surface area contributed by atoms with Gasteiger partial charge in [0.15, 0.2) is 0 Å². The molecule has 3 atom stereocenters. The Balaban J connectivity index is 1.80. The minimum absolute atomic E-state index is 0.0145. The molecule has 4 rings (SSSR count). The van der Waals surface area contributed by atoms with Crippen molar-refractivity contribution in [3.8, 4) is 11.6 Å². The number of ether oxygens (including phenoxy) is 2. The number of amides is 2. The molecule has 1 fully saturated rings. The number of methoxy groups -OCH3 is 1. The van der Waals surface area contributed by atoms with E-state index in [9.17, 15) is 9.59 Å². The molecule has 0 radical (unpaired) electrons. The molecule has 3 heterocycles. The predicted molar refractivity (Wildman–Crippen MR) is 162 cm³/mol. The lowest BCUT2D eigenvalue weighted by Crippen LogP contribution is -2.34. The van der Waals surface area contributed by atoms with Gasteiger partial charge in [0.05, 0.1) is 24.2 Å². The number of fused-ring (bicyclic) bond motifs is 1. The van der Waals surface area contributed by atoms with Crippen molar-refractivity contribution >= 4 is 40.4 Å². The van der Waals surface area contributed by atoms with Crippen LogP contribution < -0.4 is 14.8 Å². The largest absolute Gasteiger partial charge is 0.489 e. The van der Waals surface area contributed by atoms with Crippen LogP contribution in [0.5, 0.6) is 11.6 Å². The number of aromatic nitrogens is 3. The minimum Gasteiger partial charge on any atom is -0.489 e. The number of hydrogen-bond donors (Lipinski definition) is 1. The average Bonchev–Trinajstić information content (AvgIpc) is 3.17. The third kappa shape index (κ3) is 6.84. The molecular weight excluding hydrogens is 542 g/mol. The lowest BCUT2D eigenvalue weighted by molar-refractivity contribution is -0.126. The van der Waals surface area contributed by atoms with Crippen molar-refractivity contribution in [2.45, 2.75) is 71.4 Å². The van der Waals surface area contributed by atoms with E-state index >= 15 is 0 Å². The van der Waals surface area contributed by atoms with Crippen LogP contribution in [0, 0.1) is 5.92 Å². The summed E-state index contributed by atoms with van der Waals surface area (Å²) in [6.07, 6.45) is 8.42. The van der Waals surface area contributed by atoms with Crippen LogP contribution >= 0.6 is 11.6 Å². The molecule has 1 saturated heterocycles. The fourth-order valence-corrected chi connectivity index (χ4v) is 5.86. The van der Waals surface area contributed by atoms with Crippen molar-refractivity contribution in [2.24, 2.45) is 5.92 Å². The van der Waals surface area contributed by atoms with Crippen LogP contribution in [0.3, 0.4) is 0 Å². The van der Waals surface area contributed by atoms with E-state index in [0.717, 1.165) is 38.5 Å². The highest BCUT2D eigenvalue weighted by Crippen LogP contribution is 2.39. The Hall–Kier alpha value is -3.59. The monoisotopic (exact) mass is 581 g/mol. The van der Waals surface area contributed by atoms with Crippen molar-refractivity contribution in [3.63, 3.8) is 0 Å².